The molecule has 2 heterocycles. The molecule has 4 rings (SSSR count). The van der Waals surface area contributed by atoms with Gasteiger partial charge in [0.25, 0.3) is 0 Å². The van der Waals surface area contributed by atoms with Gasteiger partial charge in [-0.1, -0.05) is 6.07 Å². The van der Waals surface area contributed by atoms with Crippen LogP contribution in [0.1, 0.15) is 37.8 Å². The second kappa shape index (κ2) is 9.36. The molecule has 31 heavy (non-hydrogen) atoms. The number of fused-ring (bicyclic) bond motifs is 1. The summed E-state index contributed by atoms with van der Waals surface area (Å²) in [6.07, 6.45) is 6.73. The van der Waals surface area contributed by atoms with Crippen LogP contribution in [0, 0.1) is 11.8 Å². The Bertz CT molecular complexity index is 959. The summed E-state index contributed by atoms with van der Waals surface area (Å²) < 4.78 is 18.2. The number of methoxy groups -OCH3 is 2. The van der Waals surface area contributed by atoms with E-state index in [1.807, 2.05) is 25.1 Å². The number of rotatable bonds is 6. The van der Waals surface area contributed by atoms with Crippen LogP contribution >= 0.6 is 31.9 Å². The van der Waals surface area contributed by atoms with Crippen LogP contribution in [-0.2, 0) is 9.53 Å². The smallest absolute Gasteiger partial charge is 0.309 e. The summed E-state index contributed by atoms with van der Waals surface area (Å²) in [5.41, 5.74) is 1.11. The first-order valence-electron chi connectivity index (χ1n) is 10.5. The Morgan fingerprint density at radius 1 is 1.19 bits per heavy atom. The van der Waals surface area contributed by atoms with E-state index in [-0.39, 0.29) is 29.9 Å². The number of carbonyl (C=O) groups excluding carboxylic acids is 1. The molecule has 0 aromatic heterocycles. The fraction of sp³-hybridized carbons (Fsp3) is 0.478. The molecule has 0 amide bonds. The van der Waals surface area contributed by atoms with Gasteiger partial charge >= 0.3 is 5.97 Å². The third-order valence-corrected chi connectivity index (χ3v) is 7.29. The first-order valence-corrected chi connectivity index (χ1v) is 12.0. The van der Waals surface area contributed by atoms with Gasteiger partial charge in [0.1, 0.15) is 5.84 Å². The van der Waals surface area contributed by atoms with Gasteiger partial charge in [-0.25, -0.2) is 0 Å². The monoisotopic (exact) mass is 552 g/mol. The van der Waals surface area contributed by atoms with E-state index in [2.05, 4.69) is 49.0 Å². The Labute approximate surface area is 199 Å². The number of hydrogen-bond donors (Lipinski definition) is 0. The van der Waals surface area contributed by atoms with E-state index >= 15 is 0 Å². The SMILES string of the molecule is CCOC(=O)C1CCC1C1CC(c2ccc(OC)c(OC)c2)N2C=C(Br)C=C(Br)C2=N1. The standard InChI is InChI=1S/C23H26Br2N2O4/c1-4-31-23(28)16-7-6-15(16)18-11-19(13-5-8-20(29-2)21(9-13)30-3)27-12-14(24)10-17(25)22(27)26-18/h5,8-10,12,15-16,18-19H,4,6-7,11H2,1-3H3. The van der Waals surface area contributed by atoms with Gasteiger partial charge in [-0.2, -0.15) is 0 Å². The Kier molecular flexibility index (Phi) is 6.77. The zero-order chi connectivity index (χ0) is 22.1. The summed E-state index contributed by atoms with van der Waals surface area (Å²) in [5.74, 6) is 2.32. The highest BCUT2D eigenvalue weighted by Gasteiger charge is 2.46. The Hall–Kier alpha value is -1.80. The number of halogens is 2. The fourth-order valence-corrected chi connectivity index (χ4v) is 5.92. The van der Waals surface area contributed by atoms with E-state index in [4.69, 9.17) is 19.2 Å². The molecule has 0 bridgehead atoms. The maximum absolute atomic E-state index is 12.4. The van der Waals surface area contributed by atoms with E-state index < -0.39 is 0 Å². The summed E-state index contributed by atoms with van der Waals surface area (Å²) >= 11 is 7.30. The minimum Gasteiger partial charge on any atom is -0.493 e. The maximum Gasteiger partial charge on any atom is 0.309 e. The highest BCUT2D eigenvalue weighted by Crippen LogP contribution is 2.47. The minimum atomic E-state index is -0.0926. The molecule has 2 aliphatic heterocycles. The van der Waals surface area contributed by atoms with Gasteiger partial charge in [0.05, 0.1) is 43.3 Å². The fourth-order valence-electron chi connectivity index (χ4n) is 4.61. The highest BCUT2D eigenvalue weighted by molar-refractivity contribution is 9.12. The van der Waals surface area contributed by atoms with Crippen molar-refractivity contribution in [2.45, 2.75) is 38.3 Å². The lowest BCUT2D eigenvalue weighted by Crippen LogP contribution is -2.47. The van der Waals surface area contributed by atoms with Crippen molar-refractivity contribution in [2.24, 2.45) is 16.8 Å². The molecular weight excluding hydrogens is 528 g/mol. The number of benzene rings is 1. The van der Waals surface area contributed by atoms with Crippen molar-refractivity contribution in [3.8, 4) is 11.5 Å². The van der Waals surface area contributed by atoms with Gasteiger partial charge in [-0.05, 0) is 87.7 Å². The lowest BCUT2D eigenvalue weighted by molar-refractivity contribution is -0.155. The normalized spacial score (nSPS) is 27.3. The highest BCUT2D eigenvalue weighted by atomic mass is 79.9. The van der Waals surface area contributed by atoms with Crippen LogP contribution in [-0.4, -0.2) is 43.6 Å². The van der Waals surface area contributed by atoms with Crippen molar-refractivity contribution < 1.29 is 19.0 Å². The van der Waals surface area contributed by atoms with Crippen LogP contribution in [0.25, 0.3) is 0 Å². The Morgan fingerprint density at radius 2 is 1.97 bits per heavy atom. The van der Waals surface area contributed by atoms with Gasteiger partial charge in [0.2, 0.25) is 0 Å². The number of aliphatic imine (C=N–C) groups is 1. The first kappa shape index (κ1) is 22.4. The van der Waals surface area contributed by atoms with E-state index in [1.165, 1.54) is 0 Å². The number of esters is 1. The van der Waals surface area contributed by atoms with Crippen molar-refractivity contribution >= 4 is 43.7 Å². The Balaban J connectivity index is 1.70. The van der Waals surface area contributed by atoms with E-state index in [9.17, 15) is 4.79 Å². The number of allylic oxidation sites excluding steroid dienone is 2. The first-order chi connectivity index (χ1) is 15.0. The minimum absolute atomic E-state index is 0.0405. The molecule has 8 heteroatoms. The molecule has 4 unspecified atom stereocenters. The molecule has 1 aliphatic carbocycles. The predicted octanol–water partition coefficient (Wildman–Crippen LogP) is 5.34. The largest absolute Gasteiger partial charge is 0.493 e. The molecule has 0 N–H and O–H groups in total. The van der Waals surface area contributed by atoms with Crippen LogP contribution in [0.5, 0.6) is 11.5 Å². The van der Waals surface area contributed by atoms with Crippen LogP contribution in [0.2, 0.25) is 0 Å². The van der Waals surface area contributed by atoms with Gasteiger partial charge in [0, 0.05) is 10.7 Å². The molecule has 6 nitrogen and oxygen atoms in total. The molecule has 1 aromatic carbocycles. The Morgan fingerprint density at radius 3 is 2.61 bits per heavy atom. The van der Waals surface area contributed by atoms with Crippen LogP contribution in [0.15, 0.2) is 44.4 Å². The number of hydrogen-bond acceptors (Lipinski definition) is 6. The molecule has 1 fully saturated rings. The summed E-state index contributed by atoms with van der Waals surface area (Å²) in [7, 11) is 3.28. The molecule has 0 radical (unpaired) electrons. The lowest BCUT2D eigenvalue weighted by Gasteiger charge is -2.45. The van der Waals surface area contributed by atoms with Crippen LogP contribution in [0.3, 0.4) is 0 Å². The third-order valence-electron chi connectivity index (χ3n) is 6.28. The van der Waals surface area contributed by atoms with E-state index in [0.29, 0.717) is 18.1 Å². The third kappa shape index (κ3) is 4.29. The summed E-state index contributed by atoms with van der Waals surface area (Å²) in [6.45, 7) is 2.27. The topological polar surface area (TPSA) is 60.4 Å². The zero-order valence-electron chi connectivity index (χ0n) is 17.8. The molecule has 166 valence electrons. The van der Waals surface area contributed by atoms with Gasteiger partial charge in [0.15, 0.2) is 11.5 Å². The van der Waals surface area contributed by atoms with E-state index in [0.717, 1.165) is 39.6 Å². The average molecular weight is 554 g/mol. The second-order valence-electron chi connectivity index (χ2n) is 7.90. The summed E-state index contributed by atoms with van der Waals surface area (Å²) in [6, 6.07) is 6.13. The number of amidine groups is 1. The molecular formula is C23H26Br2N2O4. The number of nitrogens with zero attached hydrogens (tertiary/aromatic N) is 2. The van der Waals surface area contributed by atoms with Gasteiger partial charge in [-0.15, -0.1) is 0 Å². The maximum atomic E-state index is 12.4. The van der Waals surface area contributed by atoms with Crippen molar-refractivity contribution in [3.63, 3.8) is 0 Å². The summed E-state index contributed by atoms with van der Waals surface area (Å²) in [5, 5.41) is 0. The zero-order valence-corrected chi connectivity index (χ0v) is 21.0. The van der Waals surface area contributed by atoms with Crippen molar-refractivity contribution in [1.29, 1.82) is 0 Å². The van der Waals surface area contributed by atoms with Crippen LogP contribution in [0.4, 0.5) is 0 Å². The molecule has 0 saturated heterocycles. The van der Waals surface area contributed by atoms with Crippen molar-refractivity contribution in [1.82, 2.24) is 4.90 Å². The quantitative estimate of drug-likeness (QED) is 0.445. The lowest BCUT2D eigenvalue weighted by atomic mass is 9.68. The van der Waals surface area contributed by atoms with Crippen LogP contribution < -0.4 is 9.47 Å². The molecule has 1 saturated carbocycles. The molecule has 0 spiro atoms. The summed E-state index contributed by atoms with van der Waals surface area (Å²) in [4.78, 5) is 19.7. The molecule has 4 atom stereocenters. The van der Waals surface area contributed by atoms with E-state index in [1.54, 1.807) is 14.2 Å². The van der Waals surface area contributed by atoms with Gasteiger partial charge < -0.3 is 19.1 Å². The number of ether oxygens (including phenoxy) is 3. The average Bonchev–Trinajstić information content (AvgIpc) is 2.72. The predicted molar refractivity (Wildman–Crippen MR) is 127 cm³/mol. The number of carbonyl (C=O) groups is 1. The second-order valence-corrected chi connectivity index (χ2v) is 9.67. The van der Waals surface area contributed by atoms with Crippen molar-refractivity contribution in [2.75, 3.05) is 20.8 Å². The molecule has 1 aromatic rings. The van der Waals surface area contributed by atoms with Crippen molar-refractivity contribution in [3.05, 3.63) is 45.0 Å². The molecule has 3 aliphatic rings. The van der Waals surface area contributed by atoms with Gasteiger partial charge in [-0.3, -0.25) is 9.79 Å².